The van der Waals surface area contributed by atoms with E-state index in [9.17, 15) is 4.79 Å². The molecule has 2 heterocycles. The Morgan fingerprint density at radius 1 is 1.11 bits per heavy atom. The molecule has 1 amide bonds. The van der Waals surface area contributed by atoms with Crippen molar-refractivity contribution in [3.8, 4) is 5.75 Å². The molecular weight excluding hydrogens is 356 g/mol. The third kappa shape index (κ3) is 3.46. The van der Waals surface area contributed by atoms with Gasteiger partial charge in [-0.1, -0.05) is 23.8 Å². The highest BCUT2D eigenvalue weighted by Gasteiger charge is 2.32. The number of hydrogen-bond acceptors (Lipinski definition) is 4. The molecule has 1 aliphatic heterocycles. The lowest BCUT2D eigenvalue weighted by atomic mass is 10.1. The lowest BCUT2D eigenvalue weighted by Crippen LogP contribution is -2.39. The van der Waals surface area contributed by atoms with Gasteiger partial charge in [-0.05, 0) is 66.4 Å². The highest BCUT2D eigenvalue weighted by atomic mass is 32.1. The van der Waals surface area contributed by atoms with E-state index in [4.69, 9.17) is 4.74 Å². The van der Waals surface area contributed by atoms with Crippen LogP contribution in [-0.4, -0.2) is 18.0 Å². The SMILES string of the molecule is COc1ccc(C2=C[C@H](c3cccs3)N(C(=O)c3cccc(C)c3)N2)cc1. The maximum Gasteiger partial charge on any atom is 0.273 e. The van der Waals surface area contributed by atoms with Crippen molar-refractivity contribution >= 4 is 22.9 Å². The summed E-state index contributed by atoms with van der Waals surface area (Å²) in [6, 6.07) is 19.4. The van der Waals surface area contributed by atoms with Crippen molar-refractivity contribution in [1.82, 2.24) is 10.4 Å². The zero-order valence-electron chi connectivity index (χ0n) is 15.2. The summed E-state index contributed by atoms with van der Waals surface area (Å²) in [5.41, 5.74) is 6.98. The first-order valence-corrected chi connectivity index (χ1v) is 9.60. The molecule has 0 bridgehead atoms. The summed E-state index contributed by atoms with van der Waals surface area (Å²) in [5, 5.41) is 3.74. The number of benzene rings is 2. The van der Waals surface area contributed by atoms with Gasteiger partial charge in [0, 0.05) is 10.4 Å². The van der Waals surface area contributed by atoms with Crippen molar-refractivity contribution in [2.24, 2.45) is 0 Å². The smallest absolute Gasteiger partial charge is 0.273 e. The molecule has 1 N–H and O–H groups in total. The Labute approximate surface area is 162 Å². The molecule has 1 atom stereocenters. The number of nitrogens with zero attached hydrogens (tertiary/aromatic N) is 1. The van der Waals surface area contributed by atoms with Crippen LogP contribution in [0.5, 0.6) is 5.75 Å². The van der Waals surface area contributed by atoms with Crippen molar-refractivity contribution in [1.29, 1.82) is 0 Å². The van der Waals surface area contributed by atoms with E-state index in [0.717, 1.165) is 27.5 Å². The van der Waals surface area contributed by atoms with Crippen LogP contribution in [0.4, 0.5) is 0 Å². The predicted octanol–water partition coefficient (Wildman–Crippen LogP) is 4.81. The van der Waals surface area contributed by atoms with E-state index in [1.54, 1.807) is 23.5 Å². The van der Waals surface area contributed by atoms with Gasteiger partial charge < -0.3 is 4.74 Å². The quantitative estimate of drug-likeness (QED) is 0.711. The maximum absolute atomic E-state index is 13.2. The fraction of sp³-hybridized carbons (Fsp3) is 0.136. The van der Waals surface area contributed by atoms with Crippen LogP contribution in [0.25, 0.3) is 5.70 Å². The average molecular weight is 376 g/mol. The van der Waals surface area contributed by atoms with E-state index >= 15 is 0 Å². The molecule has 0 spiro atoms. The van der Waals surface area contributed by atoms with Gasteiger partial charge in [0.15, 0.2) is 0 Å². The minimum Gasteiger partial charge on any atom is -0.497 e. The summed E-state index contributed by atoms with van der Waals surface area (Å²) in [5.74, 6) is 0.761. The van der Waals surface area contributed by atoms with Gasteiger partial charge in [0.25, 0.3) is 5.91 Å². The van der Waals surface area contributed by atoms with Gasteiger partial charge in [-0.15, -0.1) is 11.3 Å². The molecule has 4 rings (SSSR count). The number of rotatable bonds is 4. The summed E-state index contributed by atoms with van der Waals surface area (Å²) in [4.78, 5) is 14.3. The van der Waals surface area contributed by atoms with Crippen LogP contribution in [0.15, 0.2) is 72.1 Å². The topological polar surface area (TPSA) is 41.6 Å². The number of hydrazine groups is 1. The minimum atomic E-state index is -0.143. The van der Waals surface area contributed by atoms with Crippen molar-refractivity contribution in [2.75, 3.05) is 7.11 Å². The second-order valence-electron chi connectivity index (χ2n) is 6.43. The predicted molar refractivity (Wildman–Crippen MR) is 109 cm³/mol. The fourth-order valence-corrected chi connectivity index (χ4v) is 3.95. The molecule has 136 valence electrons. The molecular formula is C22H20N2O2S. The first-order chi connectivity index (χ1) is 13.2. The number of methoxy groups -OCH3 is 1. The molecule has 27 heavy (non-hydrogen) atoms. The number of amides is 1. The first-order valence-electron chi connectivity index (χ1n) is 8.72. The second-order valence-corrected chi connectivity index (χ2v) is 7.40. The molecule has 0 aliphatic carbocycles. The molecule has 0 radical (unpaired) electrons. The molecule has 4 nitrogen and oxygen atoms in total. The van der Waals surface area contributed by atoms with E-state index in [2.05, 4.69) is 17.6 Å². The van der Waals surface area contributed by atoms with E-state index < -0.39 is 0 Å². The summed E-state index contributed by atoms with van der Waals surface area (Å²) < 4.78 is 5.24. The van der Waals surface area contributed by atoms with Crippen molar-refractivity contribution in [3.63, 3.8) is 0 Å². The Morgan fingerprint density at radius 3 is 2.59 bits per heavy atom. The Morgan fingerprint density at radius 2 is 1.93 bits per heavy atom. The van der Waals surface area contributed by atoms with Crippen LogP contribution in [-0.2, 0) is 0 Å². The summed E-state index contributed by atoms with van der Waals surface area (Å²) in [6.07, 6.45) is 2.10. The van der Waals surface area contributed by atoms with Crippen molar-refractivity contribution in [2.45, 2.75) is 13.0 Å². The van der Waals surface area contributed by atoms with Crippen LogP contribution in [0.3, 0.4) is 0 Å². The van der Waals surface area contributed by atoms with E-state index in [-0.39, 0.29) is 11.9 Å². The lowest BCUT2D eigenvalue weighted by Gasteiger charge is -2.25. The molecule has 1 aliphatic rings. The zero-order chi connectivity index (χ0) is 18.8. The van der Waals surface area contributed by atoms with Crippen LogP contribution < -0.4 is 10.2 Å². The first kappa shape index (κ1) is 17.4. The summed E-state index contributed by atoms with van der Waals surface area (Å²) in [6.45, 7) is 1.99. The number of thiophene rings is 1. The van der Waals surface area contributed by atoms with E-state index in [1.807, 2.05) is 66.9 Å². The molecule has 5 heteroatoms. The van der Waals surface area contributed by atoms with Gasteiger partial charge in [0.05, 0.1) is 12.8 Å². The number of hydrogen-bond donors (Lipinski definition) is 1. The van der Waals surface area contributed by atoms with Crippen LogP contribution >= 0.6 is 11.3 Å². The molecule has 1 aromatic heterocycles. The minimum absolute atomic E-state index is 0.0446. The largest absolute Gasteiger partial charge is 0.497 e. The molecule has 0 unspecified atom stereocenters. The molecule has 3 aromatic rings. The van der Waals surface area contributed by atoms with Crippen LogP contribution in [0, 0.1) is 6.92 Å². The zero-order valence-corrected chi connectivity index (χ0v) is 16.0. The standard InChI is InChI=1S/C22H20N2O2S/c1-15-5-3-6-17(13-15)22(25)24-20(21-7-4-12-27-21)14-19(23-24)16-8-10-18(26-2)11-9-16/h3-14,20,23H,1-2H3/t20-/m1/s1. The number of carbonyl (C=O) groups is 1. The molecule has 2 aromatic carbocycles. The monoisotopic (exact) mass is 376 g/mol. The Hall–Kier alpha value is -3.05. The van der Waals surface area contributed by atoms with E-state index in [1.165, 1.54) is 0 Å². The second kappa shape index (κ2) is 7.29. The maximum atomic E-state index is 13.2. The molecule has 0 saturated heterocycles. The average Bonchev–Trinajstić information content (AvgIpc) is 3.37. The van der Waals surface area contributed by atoms with Gasteiger partial charge >= 0.3 is 0 Å². The van der Waals surface area contributed by atoms with Crippen LogP contribution in [0.1, 0.15) is 32.4 Å². The number of ether oxygens (including phenoxy) is 1. The highest BCUT2D eigenvalue weighted by Crippen LogP contribution is 2.34. The lowest BCUT2D eigenvalue weighted by molar-refractivity contribution is 0.0675. The number of carbonyl (C=O) groups excluding carboxylic acids is 1. The summed E-state index contributed by atoms with van der Waals surface area (Å²) in [7, 11) is 1.65. The van der Waals surface area contributed by atoms with Crippen LogP contribution in [0.2, 0.25) is 0 Å². The van der Waals surface area contributed by atoms with Gasteiger partial charge in [0.1, 0.15) is 11.8 Å². The Balaban J connectivity index is 1.68. The fourth-order valence-electron chi connectivity index (χ4n) is 3.16. The third-order valence-electron chi connectivity index (χ3n) is 4.56. The third-order valence-corrected chi connectivity index (χ3v) is 5.51. The Bertz CT molecular complexity index is 978. The van der Waals surface area contributed by atoms with Crippen molar-refractivity contribution in [3.05, 3.63) is 93.7 Å². The van der Waals surface area contributed by atoms with Crippen molar-refractivity contribution < 1.29 is 9.53 Å². The molecule has 0 saturated carbocycles. The highest BCUT2D eigenvalue weighted by molar-refractivity contribution is 7.10. The molecule has 0 fully saturated rings. The van der Waals surface area contributed by atoms with Gasteiger partial charge in [-0.3, -0.25) is 10.2 Å². The Kier molecular flexibility index (Phi) is 4.69. The normalized spacial score (nSPS) is 16.0. The van der Waals surface area contributed by atoms with Gasteiger partial charge in [0.2, 0.25) is 0 Å². The number of aryl methyl sites for hydroxylation is 1. The van der Waals surface area contributed by atoms with Gasteiger partial charge in [-0.25, -0.2) is 5.01 Å². The number of nitrogens with one attached hydrogen (secondary N) is 1. The van der Waals surface area contributed by atoms with E-state index in [0.29, 0.717) is 5.56 Å². The van der Waals surface area contributed by atoms with Gasteiger partial charge in [-0.2, -0.15) is 0 Å². The summed E-state index contributed by atoms with van der Waals surface area (Å²) >= 11 is 1.64.